The highest BCUT2D eigenvalue weighted by molar-refractivity contribution is 6.30. The van der Waals surface area contributed by atoms with Crippen molar-refractivity contribution in [2.75, 3.05) is 0 Å². The molecular weight excluding hydrogens is 496 g/mol. The molecule has 0 bridgehead atoms. The third kappa shape index (κ3) is 6.67. The molecule has 4 N–H and O–H groups in total. The van der Waals surface area contributed by atoms with E-state index in [9.17, 15) is 19.5 Å². The molecule has 1 aromatic heterocycles. The maximum Gasteiger partial charge on any atom is 0.336 e. The van der Waals surface area contributed by atoms with Crippen LogP contribution in [0.4, 0.5) is 0 Å². The number of imidazole rings is 1. The van der Waals surface area contributed by atoms with Crippen molar-refractivity contribution in [1.29, 1.82) is 0 Å². The number of carbonyl (C=O) groups excluding carboxylic acids is 2. The van der Waals surface area contributed by atoms with Gasteiger partial charge in [0.2, 0.25) is 5.91 Å². The standard InChI is InChI=1S/C27H33ClN4O5/c1-4-5-10-23-30-24(28)22(14-29-25(33)21(13-16(2)3)26(34)31-37)32(23)15-17-11-12-20(27(35)36)19-9-7-6-8-18(17)19/h6-9,11-12,16,21,37H,4-5,10,13-15H2,1-3H3,(H,29,33)(H,31,34)(H,35,36). The van der Waals surface area contributed by atoms with E-state index in [-0.39, 0.29) is 29.6 Å². The van der Waals surface area contributed by atoms with Crippen LogP contribution in [0.2, 0.25) is 5.15 Å². The Hall–Kier alpha value is -3.43. The number of nitrogens with zero attached hydrogens (tertiary/aromatic N) is 2. The lowest BCUT2D eigenvalue weighted by Gasteiger charge is -2.18. The summed E-state index contributed by atoms with van der Waals surface area (Å²) in [5.41, 5.74) is 3.27. The Bertz CT molecular complexity index is 1290. The summed E-state index contributed by atoms with van der Waals surface area (Å²) in [6.07, 6.45) is 2.80. The molecule has 198 valence electrons. The number of carbonyl (C=O) groups is 3. The van der Waals surface area contributed by atoms with E-state index < -0.39 is 23.7 Å². The number of benzene rings is 2. The molecule has 3 rings (SSSR count). The van der Waals surface area contributed by atoms with Crippen molar-refractivity contribution in [3.05, 3.63) is 64.2 Å². The number of carboxylic acid groups (broad SMARTS) is 1. The van der Waals surface area contributed by atoms with Gasteiger partial charge in [-0.3, -0.25) is 14.8 Å². The van der Waals surface area contributed by atoms with Crippen LogP contribution in [0, 0.1) is 11.8 Å². The summed E-state index contributed by atoms with van der Waals surface area (Å²) >= 11 is 6.54. The van der Waals surface area contributed by atoms with Crippen molar-refractivity contribution in [1.82, 2.24) is 20.3 Å². The molecule has 1 heterocycles. The van der Waals surface area contributed by atoms with Crippen LogP contribution in [-0.4, -0.2) is 37.6 Å². The van der Waals surface area contributed by atoms with Gasteiger partial charge in [-0.05, 0) is 41.2 Å². The lowest BCUT2D eigenvalue weighted by atomic mass is 9.95. The van der Waals surface area contributed by atoms with Gasteiger partial charge in [0.15, 0.2) is 5.15 Å². The van der Waals surface area contributed by atoms with Gasteiger partial charge in [0.25, 0.3) is 5.91 Å². The molecule has 0 saturated carbocycles. The number of hydrogen-bond donors (Lipinski definition) is 4. The molecule has 0 aliphatic carbocycles. The van der Waals surface area contributed by atoms with Crippen LogP contribution in [0.5, 0.6) is 0 Å². The van der Waals surface area contributed by atoms with Gasteiger partial charge in [-0.25, -0.2) is 15.3 Å². The first kappa shape index (κ1) is 28.1. The summed E-state index contributed by atoms with van der Waals surface area (Å²) in [6.45, 7) is 6.26. The highest BCUT2D eigenvalue weighted by atomic mass is 35.5. The zero-order valence-electron chi connectivity index (χ0n) is 21.3. The van der Waals surface area contributed by atoms with Gasteiger partial charge < -0.3 is 15.0 Å². The van der Waals surface area contributed by atoms with Gasteiger partial charge in [-0.2, -0.15) is 0 Å². The number of amides is 2. The SMILES string of the molecule is CCCCc1nc(Cl)c(CNC(=O)C(CC(C)C)C(=O)NO)n1Cc1ccc(C(=O)O)c2ccccc12. The summed E-state index contributed by atoms with van der Waals surface area (Å²) < 4.78 is 1.95. The summed E-state index contributed by atoms with van der Waals surface area (Å²) in [6, 6.07) is 10.7. The fraction of sp³-hybridized carbons (Fsp3) is 0.407. The second-order valence-electron chi connectivity index (χ2n) is 9.45. The summed E-state index contributed by atoms with van der Waals surface area (Å²) in [5, 5.41) is 23.2. The minimum absolute atomic E-state index is 0.0369. The number of aromatic nitrogens is 2. The predicted molar refractivity (Wildman–Crippen MR) is 141 cm³/mol. The van der Waals surface area contributed by atoms with Crippen LogP contribution in [0.25, 0.3) is 10.8 Å². The Labute approximate surface area is 220 Å². The number of carboxylic acids is 1. The minimum Gasteiger partial charge on any atom is -0.478 e. The lowest BCUT2D eigenvalue weighted by Crippen LogP contribution is -2.41. The van der Waals surface area contributed by atoms with Gasteiger partial charge in [0.1, 0.15) is 11.7 Å². The molecule has 9 nitrogen and oxygen atoms in total. The van der Waals surface area contributed by atoms with E-state index in [0.29, 0.717) is 24.0 Å². The zero-order chi connectivity index (χ0) is 27.1. The average molecular weight is 529 g/mol. The highest BCUT2D eigenvalue weighted by Gasteiger charge is 2.28. The lowest BCUT2D eigenvalue weighted by molar-refractivity contribution is -0.141. The Kier molecular flexibility index (Phi) is 9.66. The average Bonchev–Trinajstić information content (AvgIpc) is 3.17. The molecule has 0 aliphatic heterocycles. The topological polar surface area (TPSA) is 134 Å². The quantitative estimate of drug-likeness (QED) is 0.155. The first-order chi connectivity index (χ1) is 17.7. The monoisotopic (exact) mass is 528 g/mol. The molecule has 2 amide bonds. The van der Waals surface area contributed by atoms with Crippen LogP contribution in [0.15, 0.2) is 36.4 Å². The third-order valence-corrected chi connectivity index (χ3v) is 6.61. The first-order valence-electron chi connectivity index (χ1n) is 12.4. The Morgan fingerprint density at radius 2 is 1.78 bits per heavy atom. The van der Waals surface area contributed by atoms with Crippen LogP contribution in [0.3, 0.4) is 0 Å². The molecule has 1 unspecified atom stereocenters. The minimum atomic E-state index is -1.05. The molecule has 37 heavy (non-hydrogen) atoms. The van der Waals surface area contributed by atoms with Gasteiger partial charge >= 0.3 is 5.97 Å². The number of unbranched alkanes of at least 4 members (excludes halogenated alkanes) is 1. The van der Waals surface area contributed by atoms with Gasteiger partial charge in [-0.15, -0.1) is 0 Å². The van der Waals surface area contributed by atoms with Crippen molar-refractivity contribution in [2.45, 2.75) is 59.5 Å². The normalized spacial score (nSPS) is 12.1. The van der Waals surface area contributed by atoms with E-state index in [0.717, 1.165) is 29.6 Å². The van der Waals surface area contributed by atoms with E-state index in [1.165, 1.54) is 0 Å². The van der Waals surface area contributed by atoms with Crippen LogP contribution in [0.1, 0.15) is 67.5 Å². The second-order valence-corrected chi connectivity index (χ2v) is 9.81. The number of nitrogens with one attached hydrogen (secondary N) is 2. The Balaban J connectivity index is 1.97. The van der Waals surface area contributed by atoms with E-state index >= 15 is 0 Å². The molecule has 0 radical (unpaired) electrons. The number of rotatable bonds is 12. The molecule has 2 aromatic carbocycles. The molecule has 0 saturated heterocycles. The van der Waals surface area contributed by atoms with Crippen molar-refractivity contribution in [3.8, 4) is 0 Å². The zero-order valence-corrected chi connectivity index (χ0v) is 22.0. The number of aromatic carboxylic acids is 1. The number of fused-ring (bicyclic) bond motifs is 1. The molecule has 10 heteroatoms. The number of hydrogen-bond acceptors (Lipinski definition) is 5. The fourth-order valence-electron chi connectivity index (χ4n) is 4.42. The Morgan fingerprint density at radius 1 is 1.08 bits per heavy atom. The van der Waals surface area contributed by atoms with Crippen molar-refractivity contribution < 1.29 is 24.7 Å². The molecule has 0 spiro atoms. The molecule has 1 atom stereocenters. The van der Waals surface area contributed by atoms with E-state index in [1.54, 1.807) is 29.7 Å². The maximum atomic E-state index is 12.9. The molecule has 3 aromatic rings. The number of halogens is 1. The third-order valence-electron chi connectivity index (χ3n) is 6.31. The van der Waals surface area contributed by atoms with Crippen LogP contribution in [-0.2, 0) is 29.1 Å². The van der Waals surface area contributed by atoms with E-state index in [1.807, 2.05) is 30.5 Å². The van der Waals surface area contributed by atoms with Crippen molar-refractivity contribution in [3.63, 3.8) is 0 Å². The second kappa shape index (κ2) is 12.7. The van der Waals surface area contributed by atoms with Crippen LogP contribution < -0.4 is 10.8 Å². The van der Waals surface area contributed by atoms with Crippen LogP contribution >= 0.6 is 11.6 Å². The summed E-state index contributed by atoms with van der Waals surface area (Å²) in [4.78, 5) is 41.3. The van der Waals surface area contributed by atoms with Gasteiger partial charge in [-0.1, -0.05) is 69.1 Å². The molecule has 0 fully saturated rings. The number of hydroxylamine groups is 1. The summed E-state index contributed by atoms with van der Waals surface area (Å²) in [7, 11) is 0. The molecule has 0 aliphatic rings. The number of aryl methyl sites for hydroxylation is 1. The largest absolute Gasteiger partial charge is 0.478 e. The van der Waals surface area contributed by atoms with Crippen molar-refractivity contribution >= 4 is 40.2 Å². The molecular formula is C27H33ClN4O5. The van der Waals surface area contributed by atoms with Gasteiger partial charge in [0, 0.05) is 13.0 Å². The van der Waals surface area contributed by atoms with Gasteiger partial charge in [0.05, 0.1) is 17.8 Å². The predicted octanol–water partition coefficient (Wildman–Crippen LogP) is 4.56. The smallest absolute Gasteiger partial charge is 0.336 e. The van der Waals surface area contributed by atoms with Crippen molar-refractivity contribution in [2.24, 2.45) is 11.8 Å². The first-order valence-corrected chi connectivity index (χ1v) is 12.7. The highest BCUT2D eigenvalue weighted by Crippen LogP contribution is 2.27. The van der Waals surface area contributed by atoms with E-state index in [2.05, 4.69) is 17.2 Å². The summed E-state index contributed by atoms with van der Waals surface area (Å²) in [5.74, 6) is -2.51. The van der Waals surface area contributed by atoms with E-state index in [4.69, 9.17) is 16.8 Å². The maximum absolute atomic E-state index is 12.9. The fourth-order valence-corrected chi connectivity index (χ4v) is 4.69. The Morgan fingerprint density at radius 3 is 2.41 bits per heavy atom.